The van der Waals surface area contributed by atoms with Crippen molar-refractivity contribution in [3.8, 4) is 24.7 Å². The Labute approximate surface area is 165 Å². The molecule has 0 aromatic carbocycles. The molecule has 0 fully saturated rings. The van der Waals surface area contributed by atoms with Gasteiger partial charge in [-0.3, -0.25) is 0 Å². The first-order valence-electron chi connectivity index (χ1n) is 9.38. The highest BCUT2D eigenvalue weighted by Crippen LogP contribution is 2.00. The monoisotopic (exact) mass is 378 g/mol. The largest absolute Gasteiger partial charge is 0.379 e. The second-order valence-corrected chi connectivity index (χ2v) is 5.76. The lowest BCUT2D eigenvalue weighted by atomic mass is 10.2. The zero-order chi connectivity index (χ0) is 20.0. The fraction of sp³-hybridized carbons (Fsp3) is 0.636. The number of ether oxygens (including phenoxy) is 5. The predicted octanol–water partition coefficient (Wildman–Crippen LogP) is 3.01. The molecule has 5 nitrogen and oxygen atoms in total. The van der Waals surface area contributed by atoms with E-state index in [9.17, 15) is 0 Å². The molecule has 0 aromatic heterocycles. The highest BCUT2D eigenvalue weighted by molar-refractivity contribution is 5.21. The van der Waals surface area contributed by atoms with Gasteiger partial charge in [-0.05, 0) is 36.8 Å². The van der Waals surface area contributed by atoms with Crippen LogP contribution in [-0.2, 0) is 23.7 Å². The van der Waals surface area contributed by atoms with E-state index < -0.39 is 0 Å². The summed E-state index contributed by atoms with van der Waals surface area (Å²) in [6.45, 7) is 13.3. The van der Waals surface area contributed by atoms with Crippen LogP contribution < -0.4 is 0 Å². The first kappa shape index (κ1) is 25.4. The number of hydrogen-bond acceptors (Lipinski definition) is 5. The summed E-state index contributed by atoms with van der Waals surface area (Å²) in [7, 11) is 0. The van der Waals surface area contributed by atoms with Crippen molar-refractivity contribution in [1.29, 1.82) is 0 Å². The Morgan fingerprint density at radius 1 is 0.519 bits per heavy atom. The first-order valence-corrected chi connectivity index (χ1v) is 9.38. The second-order valence-electron chi connectivity index (χ2n) is 5.76. The van der Waals surface area contributed by atoms with Gasteiger partial charge in [-0.2, -0.15) is 0 Å². The van der Waals surface area contributed by atoms with E-state index in [1.165, 1.54) is 0 Å². The standard InChI is InChI=1S/C22H34O5/c1-5-21(3)9-7-11-23-13-15-25-17-19-27-20-18-26-16-14-24-12-8-10-22(4)6-2/h1-2H,3-4,7-20H2. The van der Waals surface area contributed by atoms with Crippen molar-refractivity contribution in [3.05, 3.63) is 24.3 Å². The maximum absolute atomic E-state index is 5.43. The summed E-state index contributed by atoms with van der Waals surface area (Å²) in [4.78, 5) is 0. The van der Waals surface area contributed by atoms with Crippen LogP contribution in [-0.4, -0.2) is 66.1 Å². The fourth-order valence-corrected chi connectivity index (χ4v) is 1.90. The van der Waals surface area contributed by atoms with Crippen LogP contribution in [0, 0.1) is 24.7 Å². The molecule has 152 valence electrons. The summed E-state index contributed by atoms with van der Waals surface area (Å²) in [5.41, 5.74) is 1.62. The van der Waals surface area contributed by atoms with Crippen molar-refractivity contribution in [2.75, 3.05) is 66.1 Å². The molecule has 0 amide bonds. The minimum absolute atomic E-state index is 0.543. The van der Waals surface area contributed by atoms with Crippen molar-refractivity contribution in [2.24, 2.45) is 0 Å². The molecular weight excluding hydrogens is 344 g/mol. The molecule has 0 spiro atoms. The van der Waals surface area contributed by atoms with Crippen molar-refractivity contribution in [1.82, 2.24) is 0 Å². The summed E-state index contributed by atoms with van der Waals surface area (Å²) in [5, 5.41) is 0. The Hall–Kier alpha value is -1.60. The highest BCUT2D eigenvalue weighted by Gasteiger charge is 1.95. The molecule has 0 N–H and O–H groups in total. The normalized spacial score (nSPS) is 10.3. The van der Waals surface area contributed by atoms with Gasteiger partial charge in [0.2, 0.25) is 0 Å². The van der Waals surface area contributed by atoms with E-state index in [0.29, 0.717) is 66.1 Å². The Balaban J connectivity index is 3.07. The van der Waals surface area contributed by atoms with Gasteiger partial charge in [0.15, 0.2) is 0 Å². The minimum atomic E-state index is 0.543. The van der Waals surface area contributed by atoms with Crippen LogP contribution in [0.3, 0.4) is 0 Å². The third kappa shape index (κ3) is 20.6. The Morgan fingerprint density at radius 2 is 0.778 bits per heavy atom. The van der Waals surface area contributed by atoms with E-state index in [4.69, 9.17) is 36.5 Å². The van der Waals surface area contributed by atoms with Crippen LogP contribution in [0.15, 0.2) is 24.3 Å². The summed E-state index contributed by atoms with van der Waals surface area (Å²) in [5.74, 6) is 5.03. The first-order chi connectivity index (χ1) is 13.2. The van der Waals surface area contributed by atoms with Gasteiger partial charge in [0.05, 0.1) is 52.9 Å². The van der Waals surface area contributed by atoms with E-state index in [0.717, 1.165) is 36.8 Å². The molecule has 27 heavy (non-hydrogen) atoms. The van der Waals surface area contributed by atoms with Crippen LogP contribution in [0.1, 0.15) is 25.7 Å². The van der Waals surface area contributed by atoms with Crippen LogP contribution in [0.5, 0.6) is 0 Å². The highest BCUT2D eigenvalue weighted by atomic mass is 16.6. The van der Waals surface area contributed by atoms with Crippen molar-refractivity contribution in [2.45, 2.75) is 25.7 Å². The third-order valence-corrected chi connectivity index (χ3v) is 3.43. The molecule has 0 saturated carbocycles. The topological polar surface area (TPSA) is 46.2 Å². The lowest BCUT2D eigenvalue weighted by molar-refractivity contribution is -0.0112. The molecule has 0 atom stereocenters. The number of allylic oxidation sites excluding steroid dienone is 2. The lowest BCUT2D eigenvalue weighted by Crippen LogP contribution is -2.13. The number of hydrogen-bond donors (Lipinski definition) is 0. The van der Waals surface area contributed by atoms with Crippen molar-refractivity contribution < 1.29 is 23.7 Å². The maximum atomic E-state index is 5.43. The zero-order valence-corrected chi connectivity index (χ0v) is 16.5. The van der Waals surface area contributed by atoms with Crippen LogP contribution in [0.25, 0.3) is 0 Å². The molecule has 5 heteroatoms. The van der Waals surface area contributed by atoms with Gasteiger partial charge in [0.25, 0.3) is 0 Å². The second kappa shape index (κ2) is 20.7. The fourth-order valence-electron chi connectivity index (χ4n) is 1.90. The van der Waals surface area contributed by atoms with Gasteiger partial charge in [0.1, 0.15) is 0 Å². The summed E-state index contributed by atoms with van der Waals surface area (Å²) < 4.78 is 27.1. The van der Waals surface area contributed by atoms with E-state index in [1.807, 2.05) is 0 Å². The minimum Gasteiger partial charge on any atom is -0.379 e. The van der Waals surface area contributed by atoms with Gasteiger partial charge in [0, 0.05) is 13.2 Å². The smallest absolute Gasteiger partial charge is 0.0701 e. The molecule has 0 heterocycles. The van der Waals surface area contributed by atoms with Gasteiger partial charge in [-0.15, -0.1) is 12.8 Å². The van der Waals surface area contributed by atoms with Gasteiger partial charge < -0.3 is 23.7 Å². The van der Waals surface area contributed by atoms with Crippen molar-refractivity contribution >= 4 is 0 Å². The van der Waals surface area contributed by atoms with Crippen LogP contribution >= 0.6 is 0 Å². The SMILES string of the molecule is C#CC(=C)CCCOCCOCCOCCOCCOCCCC(=C)C#C. The molecule has 0 unspecified atom stereocenters. The van der Waals surface area contributed by atoms with E-state index >= 15 is 0 Å². The van der Waals surface area contributed by atoms with E-state index in [2.05, 4.69) is 25.0 Å². The molecule has 0 rings (SSSR count). The quantitative estimate of drug-likeness (QED) is 0.241. The van der Waals surface area contributed by atoms with Crippen molar-refractivity contribution in [3.63, 3.8) is 0 Å². The average molecular weight is 379 g/mol. The van der Waals surface area contributed by atoms with E-state index in [1.54, 1.807) is 0 Å². The summed E-state index contributed by atoms with van der Waals surface area (Å²) in [6.07, 6.45) is 13.8. The average Bonchev–Trinajstić information content (AvgIpc) is 2.69. The lowest BCUT2D eigenvalue weighted by Gasteiger charge is -2.08. The predicted molar refractivity (Wildman–Crippen MR) is 109 cm³/mol. The molecular formula is C22H34O5. The summed E-state index contributed by atoms with van der Waals surface area (Å²) in [6, 6.07) is 0. The molecule has 0 aliphatic heterocycles. The molecule has 0 saturated heterocycles. The zero-order valence-electron chi connectivity index (χ0n) is 16.5. The Kier molecular flexibility index (Phi) is 19.5. The Morgan fingerprint density at radius 3 is 1.04 bits per heavy atom. The Bertz CT molecular complexity index is 416. The van der Waals surface area contributed by atoms with Gasteiger partial charge in [-0.25, -0.2) is 0 Å². The molecule has 0 bridgehead atoms. The van der Waals surface area contributed by atoms with Crippen LogP contribution in [0.2, 0.25) is 0 Å². The molecule has 0 aliphatic carbocycles. The summed E-state index contributed by atoms with van der Waals surface area (Å²) >= 11 is 0. The van der Waals surface area contributed by atoms with E-state index in [-0.39, 0.29) is 0 Å². The molecule has 0 aromatic rings. The third-order valence-electron chi connectivity index (χ3n) is 3.43. The number of terminal acetylenes is 2. The molecule has 0 aliphatic rings. The number of rotatable bonds is 20. The molecule has 0 radical (unpaired) electrons. The van der Waals surface area contributed by atoms with Gasteiger partial charge in [-0.1, -0.05) is 25.0 Å². The maximum Gasteiger partial charge on any atom is 0.0701 e. The van der Waals surface area contributed by atoms with Crippen LogP contribution in [0.4, 0.5) is 0 Å². The van der Waals surface area contributed by atoms with Gasteiger partial charge >= 0.3 is 0 Å².